The number of benzene rings is 3. The smallest absolute Gasteiger partial charge is 0.316 e. The van der Waals surface area contributed by atoms with Crippen LogP contribution in [0.4, 0.5) is 10.1 Å². The van der Waals surface area contributed by atoms with Crippen molar-refractivity contribution in [3.63, 3.8) is 0 Å². The Morgan fingerprint density at radius 3 is 2.67 bits per heavy atom. The lowest BCUT2D eigenvalue weighted by Crippen LogP contribution is -2.37. The fourth-order valence-electron chi connectivity index (χ4n) is 5.44. The van der Waals surface area contributed by atoms with E-state index in [9.17, 15) is 0 Å². The Hall–Kier alpha value is -2.84. The number of nitrogens with one attached hydrogen (secondary N) is 2. The van der Waals surface area contributed by atoms with Crippen LogP contribution in [0.3, 0.4) is 0 Å². The summed E-state index contributed by atoms with van der Waals surface area (Å²) >= 11 is 6.84. The summed E-state index contributed by atoms with van der Waals surface area (Å²) in [7, 11) is 6.08. The topological polar surface area (TPSA) is 61.3 Å². The van der Waals surface area contributed by atoms with Crippen LogP contribution in [0.2, 0.25) is 5.02 Å². The number of hydrogen-bond donors (Lipinski definition) is 2. The summed E-state index contributed by atoms with van der Waals surface area (Å²) in [6, 6.07) is 16.3. The molecule has 3 aromatic carbocycles. The number of fused-ring (bicyclic) bond motifs is 1. The molecule has 2 N–H and O–H groups in total. The molecule has 3 aromatic rings. The Kier molecular flexibility index (Phi) is 11.1. The first kappa shape index (κ1) is 30.1. The molecule has 4 rings (SSSR count). The summed E-state index contributed by atoms with van der Waals surface area (Å²) in [6.45, 7) is 6.02. The third kappa shape index (κ3) is 7.67. The molecule has 8 heteroatoms. The Bertz CT molecular complexity index is 1320. The van der Waals surface area contributed by atoms with E-state index in [-0.39, 0.29) is 17.8 Å². The van der Waals surface area contributed by atoms with Gasteiger partial charge in [0.25, 0.3) is 0 Å². The van der Waals surface area contributed by atoms with Crippen LogP contribution in [0.25, 0.3) is 21.9 Å². The molecular weight excluding hydrogens is 525 g/mol. The van der Waals surface area contributed by atoms with Gasteiger partial charge in [0.15, 0.2) is 5.82 Å². The second kappa shape index (κ2) is 14.7. The van der Waals surface area contributed by atoms with Crippen molar-refractivity contribution in [2.75, 3.05) is 40.8 Å². The highest BCUT2D eigenvalue weighted by Crippen LogP contribution is 2.42. The minimum atomic E-state index is -0.473. The maximum atomic E-state index is 16.6. The maximum absolute atomic E-state index is 16.6. The zero-order chi connectivity index (χ0) is 28.5. The van der Waals surface area contributed by atoms with E-state index in [0.717, 1.165) is 67.1 Å². The van der Waals surface area contributed by atoms with E-state index in [2.05, 4.69) is 46.3 Å². The van der Waals surface area contributed by atoms with Crippen LogP contribution in [-0.4, -0.2) is 70.6 Å². The summed E-state index contributed by atoms with van der Waals surface area (Å²) in [4.78, 5) is 10.8. The summed E-state index contributed by atoms with van der Waals surface area (Å²) < 4.78 is 22.5. The Morgan fingerprint density at radius 2 is 1.90 bits per heavy atom. The molecule has 1 aliphatic heterocycles. The van der Waals surface area contributed by atoms with Crippen molar-refractivity contribution in [1.82, 2.24) is 15.5 Å². The molecule has 0 spiro atoms. The molecule has 1 aliphatic rings. The van der Waals surface area contributed by atoms with E-state index in [1.54, 1.807) is 0 Å². The number of rotatable bonds is 12. The number of ether oxygens (including phenoxy) is 1. The number of likely N-dealkylation sites (N-methyl/N-ethyl adjacent to an activating group) is 1. The minimum absolute atomic E-state index is 0.0754. The summed E-state index contributed by atoms with van der Waals surface area (Å²) in [5, 5.41) is 9.20. The third-order valence-corrected chi connectivity index (χ3v) is 7.70. The fraction of sp³-hybridized carbons (Fsp3) is 0.438. The van der Waals surface area contributed by atoms with Crippen LogP contribution in [-0.2, 0) is 11.2 Å². The van der Waals surface area contributed by atoms with Gasteiger partial charge in [-0.25, -0.2) is 9.38 Å². The summed E-state index contributed by atoms with van der Waals surface area (Å²) in [5.74, 6) is -0.473. The van der Waals surface area contributed by atoms with Gasteiger partial charge in [-0.15, -0.1) is 0 Å². The first-order valence-corrected chi connectivity index (χ1v) is 14.5. The minimum Gasteiger partial charge on any atom is -0.463 e. The lowest BCUT2D eigenvalue weighted by Gasteiger charge is -2.19. The Labute approximate surface area is 242 Å². The van der Waals surface area contributed by atoms with Gasteiger partial charge in [0, 0.05) is 24.2 Å². The normalized spacial score (nSPS) is 17.6. The van der Waals surface area contributed by atoms with Crippen molar-refractivity contribution in [2.24, 2.45) is 9.98 Å². The fourth-order valence-corrected chi connectivity index (χ4v) is 5.76. The predicted molar refractivity (Wildman–Crippen MR) is 167 cm³/mol. The average molecular weight is 566 g/mol. The quantitative estimate of drug-likeness (QED) is 0.147. The Morgan fingerprint density at radius 1 is 1.12 bits per heavy atom. The number of hydrogen-bond acceptors (Lipinski definition) is 5. The average Bonchev–Trinajstić information content (AvgIpc) is 3.38. The number of nitrogens with zero attached hydrogens (tertiary/aromatic N) is 3. The highest BCUT2D eigenvalue weighted by molar-refractivity contribution is 6.34. The van der Waals surface area contributed by atoms with E-state index in [1.807, 2.05) is 55.6 Å². The van der Waals surface area contributed by atoms with E-state index in [4.69, 9.17) is 16.3 Å². The second-order valence-corrected chi connectivity index (χ2v) is 11.2. The van der Waals surface area contributed by atoms with Crippen LogP contribution in [0.5, 0.6) is 0 Å². The van der Waals surface area contributed by atoms with Crippen LogP contribution in [0.15, 0.2) is 58.5 Å². The van der Waals surface area contributed by atoms with Crippen molar-refractivity contribution in [1.29, 1.82) is 0 Å². The van der Waals surface area contributed by atoms with Crippen LogP contribution < -0.4 is 10.6 Å². The van der Waals surface area contributed by atoms with Gasteiger partial charge in [-0.05, 0) is 101 Å². The molecule has 1 fully saturated rings. The van der Waals surface area contributed by atoms with E-state index < -0.39 is 5.82 Å². The van der Waals surface area contributed by atoms with Crippen molar-refractivity contribution in [3.8, 4) is 11.1 Å². The summed E-state index contributed by atoms with van der Waals surface area (Å²) in [6.07, 6.45) is 5.62. The Balaban J connectivity index is 1.68. The molecule has 0 saturated carbocycles. The van der Waals surface area contributed by atoms with Gasteiger partial charge in [-0.2, -0.15) is 4.99 Å². The first-order valence-electron chi connectivity index (χ1n) is 14.1. The molecule has 2 unspecified atom stereocenters. The zero-order valence-electron chi connectivity index (χ0n) is 23.9. The van der Waals surface area contributed by atoms with Gasteiger partial charge in [0.05, 0.1) is 11.6 Å². The van der Waals surface area contributed by atoms with Gasteiger partial charge in [-0.3, -0.25) is 0 Å². The number of aliphatic imine (C=N–C) groups is 2. The molecule has 0 bridgehead atoms. The zero-order valence-corrected chi connectivity index (χ0v) is 24.6. The standard InChI is InChI=1S/C32H41ClFN5O/c1-35-21-25-16-15-24(37-25)19-23-20-28(33)29(27-14-10-12-22-11-6-7-13-26(22)27)30(34)31(23)38-32(36-2)40-18-9-5-8-17-39(3)4/h6-7,10-14,20,24-25,35,37H,2,5,8-9,15-19,21H2,1,3-4H3/b38-32+. The van der Waals surface area contributed by atoms with Gasteiger partial charge in [0.1, 0.15) is 5.69 Å². The van der Waals surface area contributed by atoms with Gasteiger partial charge in [-0.1, -0.05) is 54.1 Å². The van der Waals surface area contributed by atoms with E-state index in [1.165, 1.54) is 0 Å². The molecule has 1 saturated heterocycles. The molecule has 6 nitrogen and oxygen atoms in total. The van der Waals surface area contributed by atoms with Gasteiger partial charge >= 0.3 is 6.02 Å². The van der Waals surface area contributed by atoms with Crippen molar-refractivity contribution in [2.45, 2.75) is 50.6 Å². The molecule has 1 heterocycles. The molecule has 0 amide bonds. The van der Waals surface area contributed by atoms with Gasteiger partial charge in [0.2, 0.25) is 0 Å². The number of unbranched alkanes of at least 4 members (excludes halogenated alkanes) is 2. The lowest BCUT2D eigenvalue weighted by atomic mass is 9.94. The number of amidine groups is 1. The molecule has 40 heavy (non-hydrogen) atoms. The predicted octanol–water partition coefficient (Wildman–Crippen LogP) is 6.62. The molecule has 0 aliphatic carbocycles. The number of halogens is 2. The first-order chi connectivity index (χ1) is 19.4. The van der Waals surface area contributed by atoms with Crippen molar-refractivity contribution >= 4 is 40.8 Å². The third-order valence-electron chi connectivity index (χ3n) is 7.41. The second-order valence-electron chi connectivity index (χ2n) is 10.7. The van der Waals surface area contributed by atoms with Gasteiger partial charge < -0.3 is 20.3 Å². The maximum Gasteiger partial charge on any atom is 0.316 e. The molecule has 2 atom stereocenters. The van der Waals surface area contributed by atoms with Crippen LogP contribution >= 0.6 is 11.6 Å². The molecule has 0 radical (unpaired) electrons. The molecular formula is C32H41ClFN5O. The van der Waals surface area contributed by atoms with Crippen molar-refractivity contribution in [3.05, 3.63) is 64.9 Å². The van der Waals surface area contributed by atoms with Crippen LogP contribution in [0, 0.1) is 5.82 Å². The van der Waals surface area contributed by atoms with E-state index >= 15 is 4.39 Å². The lowest BCUT2D eigenvalue weighted by molar-refractivity contribution is 0.284. The van der Waals surface area contributed by atoms with Crippen LogP contribution in [0.1, 0.15) is 37.7 Å². The van der Waals surface area contributed by atoms with E-state index in [0.29, 0.717) is 29.7 Å². The highest BCUT2D eigenvalue weighted by atomic mass is 35.5. The monoisotopic (exact) mass is 565 g/mol. The summed E-state index contributed by atoms with van der Waals surface area (Å²) in [5.41, 5.74) is 2.00. The SMILES string of the molecule is C=N/C(=N\c1c(CC2CCC(CNC)N2)cc(Cl)c(-c2cccc3ccccc23)c1F)OCCCCCN(C)C. The molecule has 214 valence electrons. The molecule has 0 aromatic heterocycles. The highest BCUT2D eigenvalue weighted by Gasteiger charge is 2.27. The van der Waals surface area contributed by atoms with Crippen molar-refractivity contribution < 1.29 is 9.13 Å². The largest absolute Gasteiger partial charge is 0.463 e.